The molecule has 0 unspecified atom stereocenters. The van der Waals surface area contributed by atoms with E-state index in [0.29, 0.717) is 18.0 Å². The highest BCUT2D eigenvalue weighted by Gasteiger charge is 2.27. The predicted molar refractivity (Wildman–Crippen MR) is 108 cm³/mol. The van der Waals surface area contributed by atoms with Crippen LogP contribution in [-0.2, 0) is 18.3 Å². The number of fused-ring (bicyclic) bond motifs is 1. The van der Waals surface area contributed by atoms with Crippen LogP contribution in [0.1, 0.15) is 43.5 Å². The quantitative estimate of drug-likeness (QED) is 0.606. The van der Waals surface area contributed by atoms with E-state index >= 15 is 0 Å². The first-order valence-corrected chi connectivity index (χ1v) is 9.92. The number of nitrogens with zero attached hydrogens (tertiary/aromatic N) is 3. The molecule has 1 aliphatic carbocycles. The Labute approximate surface area is 167 Å². The minimum atomic E-state index is -3.15. The Morgan fingerprint density at radius 2 is 2.00 bits per heavy atom. The molecule has 7 heteroatoms. The van der Waals surface area contributed by atoms with Crippen molar-refractivity contribution in [3.63, 3.8) is 0 Å². The molecule has 4 rings (SSSR count). The van der Waals surface area contributed by atoms with Crippen molar-refractivity contribution in [2.24, 2.45) is 7.05 Å². The van der Waals surface area contributed by atoms with E-state index < -0.39 is 6.11 Å². The number of imidazole rings is 1. The van der Waals surface area contributed by atoms with Crippen LogP contribution < -0.4 is 5.56 Å². The molecule has 0 radical (unpaired) electrons. The molecule has 5 nitrogen and oxygen atoms in total. The summed E-state index contributed by atoms with van der Waals surface area (Å²) in [5.74, 6) is 1.32. The summed E-state index contributed by atoms with van der Waals surface area (Å²) in [5.41, 5.74) is 4.29. The highest BCUT2D eigenvalue weighted by molar-refractivity contribution is 5.82. The van der Waals surface area contributed by atoms with Gasteiger partial charge in [0.2, 0.25) is 0 Å². The van der Waals surface area contributed by atoms with Gasteiger partial charge in [0.15, 0.2) is 0 Å². The summed E-state index contributed by atoms with van der Waals surface area (Å²) in [5, 5.41) is 0. The number of aryl methyl sites for hydroxylation is 2. The van der Waals surface area contributed by atoms with Crippen molar-refractivity contribution in [2.75, 3.05) is 6.61 Å². The Morgan fingerprint density at radius 1 is 1.24 bits per heavy atom. The summed E-state index contributed by atoms with van der Waals surface area (Å²) in [6.45, 7) is 2.79. The third kappa shape index (κ3) is 3.96. The van der Waals surface area contributed by atoms with Gasteiger partial charge in [-0.05, 0) is 49.1 Å². The summed E-state index contributed by atoms with van der Waals surface area (Å²) in [7, 11) is 1.73. The van der Waals surface area contributed by atoms with E-state index in [1.54, 1.807) is 18.5 Å². The minimum Gasteiger partial charge on any atom is -0.325 e. The number of pyridine rings is 1. The SMILES string of the molecule is Cc1cc(-c2ccc3nc(C4CCC4)n(CCOC(C)(F)F)c3c2)cn(C)c1=O. The first-order valence-electron chi connectivity index (χ1n) is 9.92. The van der Waals surface area contributed by atoms with Gasteiger partial charge in [0.05, 0.1) is 17.6 Å². The number of ether oxygens (including phenoxy) is 1. The normalized spacial score (nSPS) is 15.1. The Hall–Kier alpha value is -2.54. The van der Waals surface area contributed by atoms with Gasteiger partial charge in [-0.2, -0.15) is 8.78 Å². The number of benzene rings is 1. The number of halogens is 2. The highest BCUT2D eigenvalue weighted by Crippen LogP contribution is 2.38. The van der Waals surface area contributed by atoms with Crippen LogP contribution in [0.25, 0.3) is 22.2 Å². The average Bonchev–Trinajstić information content (AvgIpc) is 2.94. The molecular weight excluding hydrogens is 376 g/mol. The standard InChI is InChI=1S/C22H25F2N3O2/c1-14-11-17(13-26(3)21(14)28)16-7-8-18-19(12-16)27(9-10-29-22(2,23)24)20(25-18)15-5-4-6-15/h7-8,11-13,15H,4-6,9-10H2,1-3H3. The van der Waals surface area contributed by atoms with Crippen LogP contribution in [0.2, 0.25) is 0 Å². The molecule has 0 N–H and O–H groups in total. The van der Waals surface area contributed by atoms with E-state index in [1.165, 1.54) is 6.42 Å². The van der Waals surface area contributed by atoms with Gasteiger partial charge in [-0.15, -0.1) is 0 Å². The lowest BCUT2D eigenvalue weighted by molar-refractivity contribution is -0.225. The maximum atomic E-state index is 13.1. The van der Waals surface area contributed by atoms with Crippen LogP contribution in [0, 0.1) is 6.92 Å². The third-order valence-electron chi connectivity index (χ3n) is 5.61. The number of hydrogen-bond acceptors (Lipinski definition) is 3. The first kappa shape index (κ1) is 19.8. The molecule has 0 saturated heterocycles. The smallest absolute Gasteiger partial charge is 0.325 e. The maximum absolute atomic E-state index is 13.1. The van der Waals surface area contributed by atoms with E-state index in [2.05, 4.69) is 4.74 Å². The first-order chi connectivity index (χ1) is 13.7. The molecular formula is C22H25F2N3O2. The maximum Gasteiger partial charge on any atom is 0.352 e. The zero-order valence-electron chi connectivity index (χ0n) is 16.9. The molecule has 0 amide bonds. The van der Waals surface area contributed by atoms with E-state index in [9.17, 15) is 13.6 Å². The molecule has 2 heterocycles. The summed E-state index contributed by atoms with van der Waals surface area (Å²) < 4.78 is 34.5. The van der Waals surface area contributed by atoms with Crippen LogP contribution in [0.3, 0.4) is 0 Å². The molecule has 0 aliphatic heterocycles. The molecule has 1 fully saturated rings. The third-order valence-corrected chi connectivity index (χ3v) is 5.61. The monoisotopic (exact) mass is 401 g/mol. The Kier molecular flexibility index (Phi) is 5.02. The van der Waals surface area contributed by atoms with Crippen LogP contribution in [0.4, 0.5) is 8.78 Å². The molecule has 2 aromatic heterocycles. The fourth-order valence-corrected chi connectivity index (χ4v) is 3.89. The molecule has 154 valence electrons. The second kappa shape index (κ2) is 7.37. The van der Waals surface area contributed by atoms with Crippen molar-refractivity contribution >= 4 is 11.0 Å². The second-order valence-corrected chi connectivity index (χ2v) is 7.94. The van der Waals surface area contributed by atoms with E-state index in [4.69, 9.17) is 4.98 Å². The highest BCUT2D eigenvalue weighted by atomic mass is 19.3. The van der Waals surface area contributed by atoms with E-state index in [1.807, 2.05) is 35.0 Å². The van der Waals surface area contributed by atoms with Gasteiger partial charge in [-0.3, -0.25) is 4.79 Å². The van der Waals surface area contributed by atoms with Crippen molar-refractivity contribution in [1.82, 2.24) is 14.1 Å². The van der Waals surface area contributed by atoms with Crippen molar-refractivity contribution < 1.29 is 13.5 Å². The minimum absolute atomic E-state index is 0.0233. The van der Waals surface area contributed by atoms with Crippen LogP contribution >= 0.6 is 0 Å². The van der Waals surface area contributed by atoms with Crippen molar-refractivity contribution in [2.45, 2.75) is 51.7 Å². The number of hydrogen-bond donors (Lipinski definition) is 0. The summed E-state index contributed by atoms with van der Waals surface area (Å²) in [4.78, 5) is 16.8. The molecule has 29 heavy (non-hydrogen) atoms. The summed E-state index contributed by atoms with van der Waals surface area (Å²) >= 11 is 0. The van der Waals surface area contributed by atoms with Crippen LogP contribution in [0.5, 0.6) is 0 Å². The molecule has 1 aliphatic rings. The number of rotatable bonds is 6. The van der Waals surface area contributed by atoms with Gasteiger partial charge in [-0.25, -0.2) is 4.98 Å². The molecule has 1 aromatic carbocycles. The summed E-state index contributed by atoms with van der Waals surface area (Å²) in [6.07, 6.45) is 1.97. The van der Waals surface area contributed by atoms with Gasteiger partial charge in [0.25, 0.3) is 5.56 Å². The summed E-state index contributed by atoms with van der Waals surface area (Å²) in [6, 6.07) is 7.84. The molecule has 0 bridgehead atoms. The van der Waals surface area contributed by atoms with Crippen molar-refractivity contribution in [3.8, 4) is 11.1 Å². The molecule has 1 saturated carbocycles. The van der Waals surface area contributed by atoms with Crippen molar-refractivity contribution in [3.05, 3.63) is 52.2 Å². The second-order valence-electron chi connectivity index (χ2n) is 7.94. The van der Waals surface area contributed by atoms with Gasteiger partial charge < -0.3 is 13.9 Å². The lowest BCUT2D eigenvalue weighted by Crippen LogP contribution is -2.21. The van der Waals surface area contributed by atoms with E-state index in [0.717, 1.165) is 47.8 Å². The molecule has 3 aromatic rings. The zero-order chi connectivity index (χ0) is 20.8. The van der Waals surface area contributed by atoms with Crippen LogP contribution in [0.15, 0.2) is 35.3 Å². The topological polar surface area (TPSA) is 49.0 Å². The predicted octanol–water partition coefficient (Wildman–Crippen LogP) is 4.61. The lowest BCUT2D eigenvalue weighted by Gasteiger charge is -2.26. The largest absolute Gasteiger partial charge is 0.352 e. The fourth-order valence-electron chi connectivity index (χ4n) is 3.89. The van der Waals surface area contributed by atoms with Gasteiger partial charge in [0.1, 0.15) is 5.82 Å². The zero-order valence-corrected chi connectivity index (χ0v) is 16.9. The van der Waals surface area contributed by atoms with Gasteiger partial charge in [-0.1, -0.05) is 12.5 Å². The Balaban J connectivity index is 1.76. The van der Waals surface area contributed by atoms with Gasteiger partial charge >= 0.3 is 6.11 Å². The van der Waals surface area contributed by atoms with Crippen LogP contribution in [-0.4, -0.2) is 26.8 Å². The fraction of sp³-hybridized carbons (Fsp3) is 0.455. The van der Waals surface area contributed by atoms with Gasteiger partial charge in [0, 0.05) is 38.2 Å². The Morgan fingerprint density at radius 3 is 2.62 bits per heavy atom. The average molecular weight is 401 g/mol. The number of alkyl halides is 2. The Bertz CT molecular complexity index is 1080. The van der Waals surface area contributed by atoms with Crippen molar-refractivity contribution in [1.29, 1.82) is 0 Å². The molecule has 0 spiro atoms. The lowest BCUT2D eigenvalue weighted by atomic mass is 9.85. The molecule has 0 atom stereocenters. The number of aromatic nitrogens is 3. The van der Waals surface area contributed by atoms with E-state index in [-0.39, 0.29) is 12.2 Å².